The summed E-state index contributed by atoms with van der Waals surface area (Å²) in [5.74, 6) is 0.844. The third kappa shape index (κ3) is 10.6. The summed E-state index contributed by atoms with van der Waals surface area (Å²) in [6.07, 6.45) is 16.7. The molecule has 6 nitrogen and oxygen atoms in total. The van der Waals surface area contributed by atoms with Gasteiger partial charge in [0.2, 0.25) is 5.28 Å². The zero-order valence-corrected chi connectivity index (χ0v) is 22.1. The second-order valence-corrected chi connectivity index (χ2v) is 9.85. The van der Waals surface area contributed by atoms with Gasteiger partial charge in [0, 0.05) is 13.0 Å². The molecule has 0 aliphatic rings. The quantitative estimate of drug-likeness (QED) is 0.0959. The molecule has 0 atom stereocenters. The number of esters is 1. The number of ether oxygens (including phenoxy) is 1. The highest BCUT2D eigenvalue weighted by Gasteiger charge is 2.14. The van der Waals surface area contributed by atoms with Crippen LogP contribution in [0.25, 0.3) is 11.2 Å². The molecule has 0 unspecified atom stereocenters. The first-order valence-corrected chi connectivity index (χ1v) is 13.4. The fraction of sp³-hybridized carbons (Fsp3) is 0.760. The van der Waals surface area contributed by atoms with Crippen LogP contribution in [-0.4, -0.2) is 31.6 Å². The maximum Gasteiger partial charge on any atom is 0.306 e. The van der Waals surface area contributed by atoms with Crippen LogP contribution in [0, 0.1) is 6.92 Å². The van der Waals surface area contributed by atoms with E-state index >= 15 is 0 Å². The third-order valence-electron chi connectivity index (χ3n) is 5.85. The van der Waals surface area contributed by atoms with E-state index in [9.17, 15) is 4.79 Å². The van der Waals surface area contributed by atoms with E-state index in [1.54, 1.807) is 0 Å². The molecule has 0 aromatic carbocycles. The van der Waals surface area contributed by atoms with Crippen molar-refractivity contribution >= 4 is 40.3 Å². The molecule has 0 N–H and O–H groups in total. The van der Waals surface area contributed by atoms with Gasteiger partial charge >= 0.3 is 5.97 Å². The largest absolute Gasteiger partial charge is 0.463 e. The molecule has 186 valence electrons. The molecule has 33 heavy (non-hydrogen) atoms. The summed E-state index contributed by atoms with van der Waals surface area (Å²) in [4.78, 5) is 24.2. The number of rotatable bonds is 17. The number of nitrogens with zero attached hydrogens (tertiary/aromatic N) is 4. The van der Waals surface area contributed by atoms with Crippen LogP contribution in [0.4, 0.5) is 0 Å². The van der Waals surface area contributed by atoms with E-state index in [2.05, 4.69) is 19.5 Å². The zero-order valence-electron chi connectivity index (χ0n) is 20.5. The highest BCUT2D eigenvalue weighted by Crippen LogP contribution is 2.24. The van der Waals surface area contributed by atoms with E-state index in [1.165, 1.54) is 64.2 Å². The molecule has 2 rings (SSSR count). The van der Waals surface area contributed by atoms with Gasteiger partial charge in [-0.1, -0.05) is 82.2 Å². The number of imidazole rings is 1. The molecule has 0 saturated heterocycles. The first kappa shape index (κ1) is 27.8. The van der Waals surface area contributed by atoms with Gasteiger partial charge < -0.3 is 9.30 Å². The van der Waals surface area contributed by atoms with Crippen molar-refractivity contribution in [3.05, 3.63) is 16.3 Å². The second kappa shape index (κ2) is 15.5. The van der Waals surface area contributed by atoms with Gasteiger partial charge in [-0.3, -0.25) is 4.79 Å². The number of aromatic nitrogens is 4. The van der Waals surface area contributed by atoms with Crippen LogP contribution in [-0.2, 0) is 16.1 Å². The molecule has 0 aliphatic carbocycles. The zero-order chi connectivity index (χ0) is 24.1. The standard InChI is InChI=1S/C25H40Cl2N4O2/c1-19(2)33-21(32)17-15-13-11-9-7-5-4-6-8-10-12-14-16-18-31-20(3)28-24-22(31)23(26)29-25(27)30-24/h19H,4-18H2,1-3H3. The Labute approximate surface area is 208 Å². The van der Waals surface area contributed by atoms with Gasteiger partial charge in [-0.05, 0) is 45.2 Å². The predicted octanol–water partition coefficient (Wildman–Crippen LogP) is 7.85. The number of fused-ring (bicyclic) bond motifs is 1. The Hall–Kier alpha value is -1.40. The van der Waals surface area contributed by atoms with Crippen molar-refractivity contribution in [2.45, 2.75) is 123 Å². The van der Waals surface area contributed by atoms with Crippen molar-refractivity contribution < 1.29 is 9.53 Å². The summed E-state index contributed by atoms with van der Waals surface area (Å²) in [6, 6.07) is 0. The Morgan fingerprint density at radius 2 is 1.33 bits per heavy atom. The molecule has 0 radical (unpaired) electrons. The normalized spacial score (nSPS) is 11.6. The van der Waals surface area contributed by atoms with Crippen LogP contribution in [0.5, 0.6) is 0 Å². The lowest BCUT2D eigenvalue weighted by atomic mass is 10.0. The first-order valence-electron chi connectivity index (χ1n) is 12.6. The second-order valence-electron chi connectivity index (χ2n) is 9.15. The first-order chi connectivity index (χ1) is 15.9. The Morgan fingerprint density at radius 1 is 0.818 bits per heavy atom. The Bertz CT molecular complexity index is 855. The molecule has 2 heterocycles. The number of hydrogen-bond acceptors (Lipinski definition) is 5. The van der Waals surface area contributed by atoms with E-state index in [0.717, 1.165) is 37.1 Å². The minimum atomic E-state index is -0.0558. The number of carbonyl (C=O) groups is 1. The summed E-state index contributed by atoms with van der Waals surface area (Å²) in [7, 11) is 0. The molecule has 2 aromatic heterocycles. The highest BCUT2D eigenvalue weighted by molar-refractivity contribution is 6.35. The number of carbonyl (C=O) groups excluding carboxylic acids is 1. The fourth-order valence-electron chi connectivity index (χ4n) is 4.16. The van der Waals surface area contributed by atoms with Crippen LogP contribution in [0.15, 0.2) is 0 Å². The molecular weight excluding hydrogens is 459 g/mol. The van der Waals surface area contributed by atoms with E-state index in [1.807, 2.05) is 20.8 Å². The Balaban J connectivity index is 1.42. The smallest absolute Gasteiger partial charge is 0.306 e. The molecule has 0 amide bonds. The third-order valence-corrected chi connectivity index (χ3v) is 6.29. The average Bonchev–Trinajstić information content (AvgIpc) is 3.05. The average molecular weight is 500 g/mol. The molecular formula is C25H40Cl2N4O2. The number of halogens is 2. The van der Waals surface area contributed by atoms with Crippen molar-refractivity contribution in [1.29, 1.82) is 0 Å². The van der Waals surface area contributed by atoms with Gasteiger partial charge in [-0.15, -0.1) is 0 Å². The van der Waals surface area contributed by atoms with Gasteiger partial charge in [0.15, 0.2) is 10.8 Å². The van der Waals surface area contributed by atoms with Crippen molar-refractivity contribution in [2.24, 2.45) is 0 Å². The monoisotopic (exact) mass is 498 g/mol. The van der Waals surface area contributed by atoms with Crippen molar-refractivity contribution in [1.82, 2.24) is 19.5 Å². The van der Waals surface area contributed by atoms with E-state index in [4.69, 9.17) is 27.9 Å². The number of hydrogen-bond donors (Lipinski definition) is 0. The molecule has 0 fully saturated rings. The van der Waals surface area contributed by atoms with Gasteiger partial charge in [0.25, 0.3) is 0 Å². The van der Waals surface area contributed by atoms with Gasteiger partial charge in [-0.2, -0.15) is 4.98 Å². The lowest BCUT2D eigenvalue weighted by molar-refractivity contribution is -0.147. The van der Waals surface area contributed by atoms with E-state index in [-0.39, 0.29) is 17.4 Å². The van der Waals surface area contributed by atoms with Crippen molar-refractivity contribution in [3.8, 4) is 0 Å². The summed E-state index contributed by atoms with van der Waals surface area (Å²) in [6.45, 7) is 6.64. The Morgan fingerprint density at radius 3 is 1.88 bits per heavy atom. The lowest BCUT2D eigenvalue weighted by Crippen LogP contribution is -2.10. The summed E-state index contributed by atoms with van der Waals surface area (Å²) >= 11 is 12.1. The van der Waals surface area contributed by atoms with Crippen LogP contribution in [0.3, 0.4) is 0 Å². The van der Waals surface area contributed by atoms with Gasteiger partial charge in [0.05, 0.1) is 6.10 Å². The molecule has 8 heteroatoms. The van der Waals surface area contributed by atoms with Gasteiger partial charge in [0.1, 0.15) is 11.3 Å². The predicted molar refractivity (Wildman–Crippen MR) is 136 cm³/mol. The van der Waals surface area contributed by atoms with Crippen LogP contribution >= 0.6 is 23.2 Å². The minimum Gasteiger partial charge on any atom is -0.463 e. The molecule has 0 saturated carbocycles. The molecule has 0 spiro atoms. The Kier molecular flexibility index (Phi) is 13.1. The minimum absolute atomic E-state index is 0.000438. The number of unbranched alkanes of at least 4 members (excludes halogenated alkanes) is 12. The number of aryl methyl sites for hydroxylation is 2. The maximum absolute atomic E-state index is 11.5. The highest BCUT2D eigenvalue weighted by atomic mass is 35.5. The summed E-state index contributed by atoms with van der Waals surface area (Å²) < 4.78 is 7.26. The summed E-state index contributed by atoms with van der Waals surface area (Å²) in [5, 5.41) is 0.509. The van der Waals surface area contributed by atoms with Crippen LogP contribution in [0.2, 0.25) is 10.4 Å². The van der Waals surface area contributed by atoms with Crippen molar-refractivity contribution in [2.75, 3.05) is 0 Å². The van der Waals surface area contributed by atoms with E-state index < -0.39 is 0 Å². The van der Waals surface area contributed by atoms with Crippen LogP contribution in [0.1, 0.15) is 110 Å². The topological polar surface area (TPSA) is 69.9 Å². The van der Waals surface area contributed by atoms with Crippen molar-refractivity contribution in [3.63, 3.8) is 0 Å². The SMILES string of the molecule is Cc1nc2nc(Cl)nc(Cl)c2n1CCCCCCCCCCCCCCCC(=O)OC(C)C. The maximum atomic E-state index is 11.5. The summed E-state index contributed by atoms with van der Waals surface area (Å²) in [5.41, 5.74) is 1.36. The molecule has 0 aliphatic heterocycles. The van der Waals surface area contributed by atoms with Gasteiger partial charge in [-0.25, -0.2) is 9.97 Å². The van der Waals surface area contributed by atoms with Crippen LogP contribution < -0.4 is 0 Å². The molecule has 2 aromatic rings. The van der Waals surface area contributed by atoms with E-state index in [0.29, 0.717) is 17.2 Å². The molecule has 0 bridgehead atoms. The lowest BCUT2D eigenvalue weighted by Gasteiger charge is -2.08. The fourth-order valence-corrected chi connectivity index (χ4v) is 4.63.